The molecule has 9 nitrogen and oxygen atoms in total. The SMILES string of the molecule is O=c1c2ccccc2nnn1CC[C@@H]1[C@H](O)C(O)O[C@@H]1CCc1ccc(-c2cncnc2)cc1. The number of hydrogen-bond donors (Lipinski definition) is 2. The van der Waals surface area contributed by atoms with Crippen molar-refractivity contribution in [3.05, 3.63) is 83.2 Å². The van der Waals surface area contributed by atoms with E-state index in [4.69, 9.17) is 4.74 Å². The number of ether oxygens (including phenoxy) is 1. The second-order valence-electron chi connectivity index (χ2n) is 8.51. The van der Waals surface area contributed by atoms with Gasteiger partial charge in [0, 0.05) is 30.4 Å². The zero-order chi connectivity index (χ0) is 23.5. The Morgan fingerprint density at radius 2 is 1.71 bits per heavy atom. The lowest BCUT2D eigenvalue weighted by molar-refractivity contribution is -0.127. The number of aliphatic hydroxyl groups excluding tert-OH is 2. The van der Waals surface area contributed by atoms with Crippen molar-refractivity contribution in [2.45, 2.75) is 44.3 Å². The molecule has 2 aromatic carbocycles. The molecule has 9 heteroatoms. The lowest BCUT2D eigenvalue weighted by Gasteiger charge is -2.20. The van der Waals surface area contributed by atoms with Crippen LogP contribution in [-0.4, -0.2) is 53.7 Å². The summed E-state index contributed by atoms with van der Waals surface area (Å²) < 4.78 is 6.96. The van der Waals surface area contributed by atoms with Crippen LogP contribution >= 0.6 is 0 Å². The summed E-state index contributed by atoms with van der Waals surface area (Å²) in [5.41, 5.74) is 3.43. The maximum absolute atomic E-state index is 12.7. The van der Waals surface area contributed by atoms with Crippen molar-refractivity contribution in [3.63, 3.8) is 0 Å². The molecule has 0 spiro atoms. The Hall–Kier alpha value is -3.53. The van der Waals surface area contributed by atoms with E-state index in [1.807, 2.05) is 30.3 Å². The van der Waals surface area contributed by atoms with E-state index in [1.54, 1.807) is 30.6 Å². The fourth-order valence-corrected chi connectivity index (χ4v) is 4.49. The molecule has 4 atom stereocenters. The number of rotatable bonds is 7. The van der Waals surface area contributed by atoms with Crippen molar-refractivity contribution in [2.75, 3.05) is 0 Å². The molecule has 0 saturated carbocycles. The summed E-state index contributed by atoms with van der Waals surface area (Å²) >= 11 is 0. The Morgan fingerprint density at radius 3 is 2.50 bits per heavy atom. The van der Waals surface area contributed by atoms with Crippen LogP contribution in [0.3, 0.4) is 0 Å². The molecule has 1 saturated heterocycles. The first-order chi connectivity index (χ1) is 16.6. The van der Waals surface area contributed by atoms with E-state index in [1.165, 1.54) is 11.0 Å². The summed E-state index contributed by atoms with van der Waals surface area (Å²) in [4.78, 5) is 20.8. The summed E-state index contributed by atoms with van der Waals surface area (Å²) in [7, 11) is 0. The Bertz CT molecular complexity index is 1310. The van der Waals surface area contributed by atoms with Gasteiger partial charge in [-0.3, -0.25) is 4.79 Å². The van der Waals surface area contributed by atoms with Gasteiger partial charge in [0.25, 0.3) is 5.56 Å². The van der Waals surface area contributed by atoms with Crippen LogP contribution in [0.25, 0.3) is 22.0 Å². The first-order valence-electron chi connectivity index (χ1n) is 11.3. The first kappa shape index (κ1) is 22.3. The minimum Gasteiger partial charge on any atom is -0.387 e. The highest BCUT2D eigenvalue weighted by molar-refractivity contribution is 5.76. The van der Waals surface area contributed by atoms with E-state index in [0.717, 1.165) is 23.1 Å². The molecule has 0 aliphatic carbocycles. The number of aliphatic hydroxyl groups is 2. The van der Waals surface area contributed by atoms with E-state index in [0.29, 0.717) is 23.7 Å². The van der Waals surface area contributed by atoms with Crippen molar-refractivity contribution in [1.29, 1.82) is 0 Å². The van der Waals surface area contributed by atoms with Crippen molar-refractivity contribution in [2.24, 2.45) is 5.92 Å². The maximum atomic E-state index is 12.7. The zero-order valence-corrected chi connectivity index (χ0v) is 18.4. The van der Waals surface area contributed by atoms with Crippen LogP contribution in [-0.2, 0) is 17.7 Å². The highest BCUT2D eigenvalue weighted by Crippen LogP contribution is 2.32. The molecule has 174 valence electrons. The molecule has 1 aliphatic rings. The van der Waals surface area contributed by atoms with E-state index >= 15 is 0 Å². The Labute approximate surface area is 195 Å². The third-order valence-corrected chi connectivity index (χ3v) is 6.39. The highest BCUT2D eigenvalue weighted by Gasteiger charge is 2.42. The Morgan fingerprint density at radius 1 is 0.941 bits per heavy atom. The van der Waals surface area contributed by atoms with Crippen LogP contribution < -0.4 is 5.56 Å². The van der Waals surface area contributed by atoms with Gasteiger partial charge in [-0.15, -0.1) is 5.10 Å². The number of nitrogens with zero attached hydrogens (tertiary/aromatic N) is 5. The standard InChI is InChI=1S/C25H25N5O4/c31-23-20(11-12-30-24(32)19-3-1-2-4-21(19)28-29-30)22(34-25(23)33)10-7-16-5-8-17(9-6-16)18-13-26-15-27-14-18/h1-6,8-9,13-15,20,22-23,25,31,33H,7,10-12H2/t20-,22+,23-,25?/m0/s1. The molecule has 1 fully saturated rings. The molecule has 4 aromatic rings. The molecule has 2 aromatic heterocycles. The summed E-state index contributed by atoms with van der Waals surface area (Å²) in [5, 5.41) is 29.2. The van der Waals surface area contributed by atoms with Crippen LogP contribution in [0, 0.1) is 5.92 Å². The molecule has 0 bridgehead atoms. The minimum absolute atomic E-state index is 0.222. The lowest BCUT2D eigenvalue weighted by atomic mass is 9.90. The largest absolute Gasteiger partial charge is 0.387 e. The first-order valence-corrected chi connectivity index (χ1v) is 11.3. The van der Waals surface area contributed by atoms with Gasteiger partial charge in [-0.2, -0.15) is 0 Å². The number of fused-ring (bicyclic) bond motifs is 1. The summed E-state index contributed by atoms with van der Waals surface area (Å²) in [6.45, 7) is 0.277. The van der Waals surface area contributed by atoms with Gasteiger partial charge in [0.05, 0.1) is 11.5 Å². The Balaban J connectivity index is 1.24. The fraction of sp³-hybridized carbons (Fsp3) is 0.320. The minimum atomic E-state index is -1.24. The van der Waals surface area contributed by atoms with E-state index < -0.39 is 12.4 Å². The third-order valence-electron chi connectivity index (χ3n) is 6.39. The van der Waals surface area contributed by atoms with Crippen LogP contribution in [0.1, 0.15) is 18.4 Å². The zero-order valence-electron chi connectivity index (χ0n) is 18.4. The van der Waals surface area contributed by atoms with E-state index in [9.17, 15) is 15.0 Å². The van der Waals surface area contributed by atoms with Gasteiger partial charge in [0.1, 0.15) is 17.9 Å². The number of aryl methyl sites for hydroxylation is 2. The second-order valence-corrected chi connectivity index (χ2v) is 8.51. The van der Waals surface area contributed by atoms with E-state index in [2.05, 4.69) is 20.3 Å². The monoisotopic (exact) mass is 459 g/mol. The average molecular weight is 460 g/mol. The van der Waals surface area contributed by atoms with Crippen molar-refractivity contribution in [3.8, 4) is 11.1 Å². The van der Waals surface area contributed by atoms with Crippen LogP contribution in [0.15, 0.2) is 72.0 Å². The predicted octanol–water partition coefficient (Wildman–Crippen LogP) is 1.97. The van der Waals surface area contributed by atoms with Crippen LogP contribution in [0.2, 0.25) is 0 Å². The van der Waals surface area contributed by atoms with E-state index in [-0.39, 0.29) is 24.1 Å². The number of aromatic nitrogens is 5. The van der Waals surface area contributed by atoms with Crippen molar-refractivity contribution < 1.29 is 14.9 Å². The fourth-order valence-electron chi connectivity index (χ4n) is 4.49. The molecular weight excluding hydrogens is 434 g/mol. The summed E-state index contributed by atoms with van der Waals surface area (Å²) in [6.07, 6.45) is 4.23. The highest BCUT2D eigenvalue weighted by atomic mass is 16.6. The number of benzene rings is 2. The lowest BCUT2D eigenvalue weighted by Crippen LogP contribution is -2.31. The van der Waals surface area contributed by atoms with Gasteiger partial charge >= 0.3 is 0 Å². The van der Waals surface area contributed by atoms with Gasteiger partial charge in [-0.25, -0.2) is 14.6 Å². The maximum Gasteiger partial charge on any atom is 0.277 e. The molecule has 0 radical (unpaired) electrons. The Kier molecular flexibility index (Phi) is 6.39. The second kappa shape index (κ2) is 9.76. The molecule has 5 rings (SSSR count). The summed E-state index contributed by atoms with van der Waals surface area (Å²) in [5.74, 6) is -0.323. The molecule has 0 amide bonds. The molecule has 3 heterocycles. The van der Waals surface area contributed by atoms with Crippen molar-refractivity contribution in [1.82, 2.24) is 25.0 Å². The van der Waals surface area contributed by atoms with Gasteiger partial charge < -0.3 is 14.9 Å². The normalized spacial score (nSPS) is 22.3. The van der Waals surface area contributed by atoms with Gasteiger partial charge in [-0.1, -0.05) is 41.6 Å². The van der Waals surface area contributed by atoms with Crippen molar-refractivity contribution >= 4 is 10.9 Å². The van der Waals surface area contributed by atoms with Gasteiger partial charge in [0.15, 0.2) is 6.29 Å². The number of hydrogen-bond acceptors (Lipinski definition) is 8. The summed E-state index contributed by atoms with van der Waals surface area (Å²) in [6, 6.07) is 15.2. The molecule has 2 N–H and O–H groups in total. The van der Waals surface area contributed by atoms with Crippen LogP contribution in [0.4, 0.5) is 0 Å². The van der Waals surface area contributed by atoms with Crippen LogP contribution in [0.5, 0.6) is 0 Å². The van der Waals surface area contributed by atoms with Gasteiger partial charge in [0.2, 0.25) is 0 Å². The molecule has 1 aliphatic heterocycles. The molecular formula is C25H25N5O4. The smallest absolute Gasteiger partial charge is 0.277 e. The average Bonchev–Trinajstić information content (AvgIpc) is 3.15. The van der Waals surface area contributed by atoms with Gasteiger partial charge in [-0.05, 0) is 42.5 Å². The quantitative estimate of drug-likeness (QED) is 0.430. The molecule has 1 unspecified atom stereocenters. The molecule has 34 heavy (non-hydrogen) atoms. The predicted molar refractivity (Wildman–Crippen MR) is 125 cm³/mol. The topological polar surface area (TPSA) is 123 Å². The third kappa shape index (κ3) is 4.58.